The van der Waals surface area contributed by atoms with Gasteiger partial charge in [0, 0.05) is 57.5 Å². The quantitative estimate of drug-likeness (QED) is 0.203. The van der Waals surface area contributed by atoms with Gasteiger partial charge in [0.1, 0.15) is 23.1 Å². The van der Waals surface area contributed by atoms with Crippen LogP contribution < -0.4 is 15.5 Å². The van der Waals surface area contributed by atoms with E-state index in [1.54, 1.807) is 0 Å². The molecule has 11 rings (SSSR count). The van der Waals surface area contributed by atoms with E-state index in [4.69, 9.17) is 4.42 Å². The molecule has 0 fully saturated rings. The summed E-state index contributed by atoms with van der Waals surface area (Å²) in [5.74, 6) is 1.11. The molecule has 49 heavy (non-hydrogen) atoms. The van der Waals surface area contributed by atoms with E-state index in [0.717, 1.165) is 45.7 Å². The van der Waals surface area contributed by atoms with Crippen molar-refractivity contribution < 1.29 is 4.42 Å². The highest BCUT2D eigenvalue weighted by Gasteiger charge is 2.28. The highest BCUT2D eigenvalue weighted by Crippen LogP contribution is 2.43. The Morgan fingerprint density at radius 3 is 2.00 bits per heavy atom. The van der Waals surface area contributed by atoms with Crippen molar-refractivity contribution >= 4 is 77.9 Å². The summed E-state index contributed by atoms with van der Waals surface area (Å²) in [6, 6.07) is 45.8. The molecule has 2 N–H and O–H groups in total. The van der Waals surface area contributed by atoms with Crippen LogP contribution >= 0.6 is 0 Å². The lowest BCUT2D eigenvalue weighted by Crippen LogP contribution is -2.23. The average molecular weight is 634 g/mol. The van der Waals surface area contributed by atoms with Crippen LogP contribution in [0.1, 0.15) is 17.3 Å². The smallest absolute Gasteiger partial charge is 0.135 e. The molecule has 0 bridgehead atoms. The molecule has 3 aromatic heterocycles. The molecule has 1 unspecified atom stereocenters. The molecule has 6 nitrogen and oxygen atoms in total. The Bertz CT molecular complexity index is 2800. The third-order valence-corrected chi connectivity index (χ3v) is 10.5. The average Bonchev–Trinajstić information content (AvgIpc) is 3.89. The van der Waals surface area contributed by atoms with E-state index in [0.29, 0.717) is 0 Å². The minimum absolute atomic E-state index is 0.0682. The number of hydrogen-bond donors (Lipinski definition) is 2. The van der Waals surface area contributed by atoms with Gasteiger partial charge >= 0.3 is 0 Å². The lowest BCUT2D eigenvalue weighted by atomic mass is 10.1. The van der Waals surface area contributed by atoms with Gasteiger partial charge in [-0.2, -0.15) is 0 Å². The minimum atomic E-state index is 0.0682. The number of nitrogens with zero attached hydrogens (tertiary/aromatic N) is 3. The van der Waals surface area contributed by atoms with Gasteiger partial charge in [0.2, 0.25) is 0 Å². The van der Waals surface area contributed by atoms with Gasteiger partial charge in [-0.1, -0.05) is 66.7 Å². The maximum absolute atomic E-state index is 6.42. The topological polar surface area (TPSA) is 50.3 Å². The normalized spacial score (nSPS) is 15.4. The number of para-hydroxylation sites is 4. The van der Waals surface area contributed by atoms with Gasteiger partial charge in [-0.15, -0.1) is 0 Å². The Balaban J connectivity index is 1.08. The molecular formula is C43H31N5O. The Morgan fingerprint density at radius 2 is 1.27 bits per heavy atom. The van der Waals surface area contributed by atoms with Crippen molar-refractivity contribution in [3.8, 4) is 11.4 Å². The van der Waals surface area contributed by atoms with E-state index < -0.39 is 0 Å². The Labute approximate surface area is 282 Å². The molecule has 1 atom stereocenters. The molecule has 0 aliphatic carbocycles. The molecule has 0 saturated heterocycles. The van der Waals surface area contributed by atoms with Crippen LogP contribution in [0.5, 0.6) is 0 Å². The molecule has 6 heteroatoms. The maximum atomic E-state index is 6.42. The summed E-state index contributed by atoms with van der Waals surface area (Å²) < 4.78 is 11.2. The fourth-order valence-electron chi connectivity index (χ4n) is 8.27. The van der Waals surface area contributed by atoms with Crippen molar-refractivity contribution in [2.75, 3.05) is 29.1 Å². The van der Waals surface area contributed by atoms with Gasteiger partial charge in [-0.05, 0) is 78.4 Å². The van der Waals surface area contributed by atoms with Crippen molar-refractivity contribution in [3.05, 3.63) is 145 Å². The second-order valence-corrected chi connectivity index (χ2v) is 13.2. The number of furan rings is 1. The van der Waals surface area contributed by atoms with Gasteiger partial charge < -0.3 is 24.5 Å². The van der Waals surface area contributed by atoms with Gasteiger partial charge in [0.25, 0.3) is 0 Å². The predicted molar refractivity (Wildman–Crippen MR) is 204 cm³/mol. The number of nitrogens with one attached hydrogen (secondary N) is 2. The van der Waals surface area contributed by atoms with Gasteiger partial charge in [-0.25, -0.2) is 0 Å². The Morgan fingerprint density at radius 1 is 0.612 bits per heavy atom. The second-order valence-electron chi connectivity index (χ2n) is 13.2. The van der Waals surface area contributed by atoms with E-state index in [1.165, 1.54) is 55.2 Å². The third kappa shape index (κ3) is 3.71. The molecule has 2 aliphatic heterocycles. The van der Waals surface area contributed by atoms with E-state index >= 15 is 0 Å². The third-order valence-electron chi connectivity index (χ3n) is 10.5. The summed E-state index contributed by atoms with van der Waals surface area (Å²) in [6.45, 7) is 0.789. The van der Waals surface area contributed by atoms with Crippen LogP contribution in [0.3, 0.4) is 0 Å². The molecule has 0 saturated carbocycles. The highest BCUT2D eigenvalue weighted by atomic mass is 16.3. The summed E-state index contributed by atoms with van der Waals surface area (Å²) in [5.41, 5.74) is 12.4. The van der Waals surface area contributed by atoms with Gasteiger partial charge in [0.05, 0.1) is 27.9 Å². The first-order valence-corrected chi connectivity index (χ1v) is 16.8. The molecular weight excluding hydrogens is 603 g/mol. The summed E-state index contributed by atoms with van der Waals surface area (Å²) in [7, 11) is 2.16. The molecule has 2 aliphatic rings. The highest BCUT2D eigenvalue weighted by molar-refractivity contribution is 6.11. The Hall–Kier alpha value is -6.40. The van der Waals surface area contributed by atoms with E-state index in [-0.39, 0.29) is 6.17 Å². The monoisotopic (exact) mass is 633 g/mol. The molecule has 5 heterocycles. The number of hydrogen-bond acceptors (Lipinski definition) is 4. The first-order valence-electron chi connectivity index (χ1n) is 16.8. The summed E-state index contributed by atoms with van der Waals surface area (Å²) in [4.78, 5) is 2.32. The number of rotatable bonds is 3. The minimum Gasteiger partial charge on any atom is -0.456 e. The molecule has 9 aromatic rings. The van der Waals surface area contributed by atoms with Crippen molar-refractivity contribution in [2.24, 2.45) is 0 Å². The molecule has 0 radical (unpaired) electrons. The second kappa shape index (κ2) is 9.81. The molecule has 234 valence electrons. The van der Waals surface area contributed by atoms with E-state index in [1.807, 2.05) is 0 Å². The number of benzene rings is 6. The van der Waals surface area contributed by atoms with Crippen LogP contribution in [0.25, 0.3) is 72.1 Å². The maximum Gasteiger partial charge on any atom is 0.135 e. The summed E-state index contributed by atoms with van der Waals surface area (Å²) in [6.07, 6.45) is 4.54. The van der Waals surface area contributed by atoms with Crippen molar-refractivity contribution in [3.63, 3.8) is 0 Å². The van der Waals surface area contributed by atoms with Crippen LogP contribution in [0.15, 0.2) is 138 Å². The molecule has 0 spiro atoms. The van der Waals surface area contributed by atoms with E-state index in [2.05, 4.69) is 171 Å². The van der Waals surface area contributed by atoms with Crippen LogP contribution in [-0.2, 0) is 0 Å². The van der Waals surface area contributed by atoms with Gasteiger partial charge in [-0.3, -0.25) is 4.57 Å². The first kappa shape index (κ1) is 26.6. The summed E-state index contributed by atoms with van der Waals surface area (Å²) >= 11 is 0. The number of anilines is 3. The fraction of sp³-hybridized carbons (Fsp3) is 0.0698. The SMILES string of the molecule is CN1c2ccccc2NC1c1ccc2c(c1)c1c(n2-c2ccc3oc4ccc(-n5c6ccccc6c6ccccc65)cc4c3c2)NCC=C1. The van der Waals surface area contributed by atoms with Crippen LogP contribution in [-0.4, -0.2) is 22.7 Å². The van der Waals surface area contributed by atoms with Crippen molar-refractivity contribution in [1.82, 2.24) is 9.13 Å². The lowest BCUT2D eigenvalue weighted by Gasteiger charge is -2.22. The zero-order chi connectivity index (χ0) is 32.2. The predicted octanol–water partition coefficient (Wildman–Crippen LogP) is 10.6. The zero-order valence-electron chi connectivity index (χ0n) is 26.8. The summed E-state index contributed by atoms with van der Waals surface area (Å²) in [5, 5.41) is 13.4. The van der Waals surface area contributed by atoms with Crippen molar-refractivity contribution in [1.29, 1.82) is 0 Å². The van der Waals surface area contributed by atoms with Crippen LogP contribution in [0.4, 0.5) is 17.2 Å². The zero-order valence-corrected chi connectivity index (χ0v) is 26.8. The molecule has 6 aromatic carbocycles. The molecule has 0 amide bonds. The lowest BCUT2D eigenvalue weighted by molar-refractivity contribution is 0.669. The van der Waals surface area contributed by atoms with Crippen molar-refractivity contribution in [2.45, 2.75) is 6.17 Å². The number of fused-ring (bicyclic) bond motifs is 10. The van der Waals surface area contributed by atoms with E-state index in [9.17, 15) is 0 Å². The largest absolute Gasteiger partial charge is 0.456 e. The van der Waals surface area contributed by atoms with Crippen LogP contribution in [0.2, 0.25) is 0 Å². The standard InChI is InChI=1S/C43H31N5O/c1-46-39-15-7-4-12-35(39)45-42(46)26-16-19-38-32(23-26)31-11-8-22-44-43(31)48(38)28-18-21-41-34(25-28)33-24-27(17-20-40(33)49-41)47-36-13-5-2-9-29(36)30-10-3-6-14-37(30)47/h2-21,23-25,42,44-45H,22H2,1H3. The fourth-order valence-corrected chi connectivity index (χ4v) is 8.27. The van der Waals surface area contributed by atoms with Gasteiger partial charge in [0.15, 0.2) is 0 Å². The van der Waals surface area contributed by atoms with Crippen LogP contribution in [0, 0.1) is 0 Å². The Kier molecular flexibility index (Phi) is 5.34. The first-order chi connectivity index (χ1) is 24.2. The number of aromatic nitrogens is 2.